The van der Waals surface area contributed by atoms with Gasteiger partial charge in [0.25, 0.3) is 5.91 Å². The van der Waals surface area contributed by atoms with E-state index < -0.39 is 17.8 Å². The second kappa shape index (κ2) is 10.0. The van der Waals surface area contributed by atoms with Crippen LogP contribution in [-0.2, 0) is 18.3 Å². The van der Waals surface area contributed by atoms with Crippen molar-refractivity contribution in [2.24, 2.45) is 5.73 Å². The van der Waals surface area contributed by atoms with E-state index in [1.807, 2.05) is 40.7 Å². The van der Waals surface area contributed by atoms with Gasteiger partial charge in [-0.15, -0.1) is 0 Å². The third kappa shape index (κ3) is 6.18. The van der Waals surface area contributed by atoms with Crippen molar-refractivity contribution < 1.29 is 14.0 Å². The highest BCUT2D eigenvalue weighted by Gasteiger charge is 2.22. The average molecular weight is 467 g/mol. The Morgan fingerprint density at radius 1 is 1.06 bits per heavy atom. The van der Waals surface area contributed by atoms with Crippen molar-refractivity contribution in [3.05, 3.63) is 70.9 Å². The fourth-order valence-electron chi connectivity index (χ4n) is 3.39. The Balaban J connectivity index is 1.66. The van der Waals surface area contributed by atoms with Crippen molar-refractivity contribution in [1.29, 1.82) is 0 Å². The summed E-state index contributed by atoms with van der Waals surface area (Å²) in [6.07, 6.45) is 2.66. The summed E-state index contributed by atoms with van der Waals surface area (Å²) < 4.78 is 16.4. The molecule has 0 aliphatic carbocycles. The second-order valence-corrected chi connectivity index (χ2v) is 9.51. The molecule has 0 saturated heterocycles. The van der Waals surface area contributed by atoms with Crippen molar-refractivity contribution in [3.63, 3.8) is 0 Å². The van der Waals surface area contributed by atoms with Gasteiger partial charge < -0.3 is 11.1 Å². The Hall–Kier alpha value is -3.75. The number of aromatic nitrogens is 3. The number of carbonyl (C=O) groups is 2. The Kier molecular flexibility index (Phi) is 7.34. The number of amides is 3. The number of aryl methyl sites for hydroxylation is 2. The number of primary amides is 1. The molecule has 0 saturated carbocycles. The van der Waals surface area contributed by atoms with Gasteiger partial charge in [0.15, 0.2) is 0 Å². The number of nitrogens with one attached hydrogen (secondary N) is 2. The number of pyridine rings is 1. The molecular formula is C25H31FN6O2. The molecule has 0 aliphatic heterocycles. The molecule has 0 atom stereocenters. The maximum atomic E-state index is 14.7. The minimum absolute atomic E-state index is 0.0434. The summed E-state index contributed by atoms with van der Waals surface area (Å²) in [5.41, 5.74) is 7.85. The number of hydrogen-bond donors (Lipinski definition) is 3. The molecule has 0 aliphatic rings. The smallest absolute Gasteiger partial charge is 0.324 e. The zero-order chi connectivity index (χ0) is 25.0. The van der Waals surface area contributed by atoms with Crippen LogP contribution in [0.15, 0.2) is 42.6 Å². The van der Waals surface area contributed by atoms with E-state index in [0.29, 0.717) is 18.7 Å². The predicted molar refractivity (Wildman–Crippen MR) is 131 cm³/mol. The molecule has 3 rings (SSSR count). The number of hydrogen-bond acceptors (Lipinski definition) is 4. The van der Waals surface area contributed by atoms with Crippen LogP contribution in [0.2, 0.25) is 0 Å². The van der Waals surface area contributed by atoms with E-state index >= 15 is 0 Å². The first-order valence-electron chi connectivity index (χ1n) is 11.1. The molecule has 4 N–H and O–H groups in total. The van der Waals surface area contributed by atoms with Gasteiger partial charge in [0.05, 0.1) is 11.4 Å². The summed E-state index contributed by atoms with van der Waals surface area (Å²) in [5, 5.41) is 9.95. The molecule has 8 nitrogen and oxygen atoms in total. The lowest BCUT2D eigenvalue weighted by Crippen LogP contribution is -2.22. The fourth-order valence-corrected chi connectivity index (χ4v) is 3.39. The lowest BCUT2D eigenvalue weighted by molar-refractivity contribution is 0.0995. The summed E-state index contributed by atoms with van der Waals surface area (Å²) >= 11 is 0. The van der Waals surface area contributed by atoms with Crippen LogP contribution < -0.4 is 16.4 Å². The number of carbonyl (C=O) groups excluding carboxylic acids is 2. The van der Waals surface area contributed by atoms with Gasteiger partial charge in [0.2, 0.25) is 0 Å². The molecule has 3 amide bonds. The van der Waals surface area contributed by atoms with Gasteiger partial charge in [0.1, 0.15) is 17.3 Å². The van der Waals surface area contributed by atoms with Crippen LogP contribution in [0.5, 0.6) is 0 Å². The molecule has 1 aromatic carbocycles. The van der Waals surface area contributed by atoms with E-state index in [4.69, 9.17) is 5.73 Å². The number of halogens is 1. The van der Waals surface area contributed by atoms with Crippen LogP contribution in [0.1, 0.15) is 68.0 Å². The first-order valence-corrected chi connectivity index (χ1v) is 11.1. The van der Waals surface area contributed by atoms with Crippen LogP contribution in [0.25, 0.3) is 0 Å². The van der Waals surface area contributed by atoms with Gasteiger partial charge in [-0.3, -0.25) is 15.1 Å². The van der Waals surface area contributed by atoms with Crippen molar-refractivity contribution >= 4 is 23.4 Å². The Morgan fingerprint density at radius 2 is 1.74 bits per heavy atom. The number of nitrogens with two attached hydrogens (primary N) is 1. The molecule has 2 heterocycles. The largest absolute Gasteiger partial charge is 0.364 e. The third-order valence-corrected chi connectivity index (χ3v) is 5.30. The second-order valence-electron chi connectivity index (χ2n) is 9.51. The minimum Gasteiger partial charge on any atom is -0.364 e. The Labute approximate surface area is 198 Å². The Morgan fingerprint density at radius 3 is 2.32 bits per heavy atom. The number of anilines is 2. The van der Waals surface area contributed by atoms with Gasteiger partial charge >= 0.3 is 6.03 Å². The number of urea groups is 1. The lowest BCUT2D eigenvalue weighted by Gasteiger charge is -2.14. The average Bonchev–Trinajstić information content (AvgIpc) is 3.19. The van der Waals surface area contributed by atoms with E-state index in [0.717, 1.165) is 16.8 Å². The standard InChI is InChI=1S/C25H31FN6O2/c1-15(2)32-22(14-21(31-32)25(3,4)5)30-24(34)29-19-9-8-16(12-18(19)26)6-7-17-10-11-28-20(13-17)23(27)33/h8-15H,6-7H2,1-5H3,(H2,27,33)(H2,29,30,34). The van der Waals surface area contributed by atoms with E-state index in [1.54, 1.807) is 22.9 Å². The van der Waals surface area contributed by atoms with Gasteiger partial charge in [0, 0.05) is 23.7 Å². The van der Waals surface area contributed by atoms with Crippen LogP contribution in [-0.4, -0.2) is 26.7 Å². The minimum atomic E-state index is -0.590. The monoisotopic (exact) mass is 466 g/mol. The summed E-state index contributed by atoms with van der Waals surface area (Å²) in [4.78, 5) is 27.8. The van der Waals surface area contributed by atoms with E-state index in [2.05, 4.69) is 20.7 Å². The maximum Gasteiger partial charge on any atom is 0.324 e. The van der Waals surface area contributed by atoms with Gasteiger partial charge in [-0.1, -0.05) is 26.8 Å². The SMILES string of the molecule is CC(C)n1nc(C(C)(C)C)cc1NC(=O)Nc1ccc(CCc2ccnc(C(N)=O)c2)cc1F. The molecule has 2 aromatic heterocycles. The molecule has 0 radical (unpaired) electrons. The summed E-state index contributed by atoms with van der Waals surface area (Å²) in [6, 6.07) is 9.43. The van der Waals surface area contributed by atoms with E-state index in [9.17, 15) is 14.0 Å². The molecule has 34 heavy (non-hydrogen) atoms. The van der Waals surface area contributed by atoms with Crippen LogP contribution >= 0.6 is 0 Å². The molecule has 0 fully saturated rings. The highest BCUT2D eigenvalue weighted by Crippen LogP contribution is 2.26. The third-order valence-electron chi connectivity index (χ3n) is 5.30. The number of rotatable bonds is 7. The molecule has 0 spiro atoms. The van der Waals surface area contributed by atoms with Crippen LogP contribution in [0, 0.1) is 5.82 Å². The van der Waals surface area contributed by atoms with E-state index in [1.165, 1.54) is 18.3 Å². The maximum absolute atomic E-state index is 14.7. The fraction of sp³-hybridized carbons (Fsp3) is 0.360. The molecule has 0 unspecified atom stereocenters. The number of nitrogens with zero attached hydrogens (tertiary/aromatic N) is 3. The molecule has 180 valence electrons. The van der Waals surface area contributed by atoms with Gasteiger partial charge in [-0.25, -0.2) is 13.9 Å². The normalized spacial score (nSPS) is 11.5. The Bertz CT molecular complexity index is 1200. The number of benzene rings is 1. The zero-order valence-corrected chi connectivity index (χ0v) is 20.1. The summed E-state index contributed by atoms with van der Waals surface area (Å²) in [7, 11) is 0. The van der Waals surface area contributed by atoms with E-state index in [-0.39, 0.29) is 22.8 Å². The van der Waals surface area contributed by atoms with Crippen molar-refractivity contribution in [3.8, 4) is 0 Å². The molecule has 3 aromatic rings. The molecule has 0 bridgehead atoms. The van der Waals surface area contributed by atoms with Crippen molar-refractivity contribution in [2.45, 2.75) is 58.9 Å². The summed E-state index contributed by atoms with van der Waals surface area (Å²) in [5.74, 6) is -0.581. The quantitative estimate of drug-likeness (QED) is 0.463. The zero-order valence-electron chi connectivity index (χ0n) is 20.1. The van der Waals surface area contributed by atoms with Crippen molar-refractivity contribution in [1.82, 2.24) is 14.8 Å². The summed E-state index contributed by atoms with van der Waals surface area (Å²) in [6.45, 7) is 10.1. The van der Waals surface area contributed by atoms with Gasteiger partial charge in [-0.2, -0.15) is 5.10 Å². The lowest BCUT2D eigenvalue weighted by atomic mass is 9.92. The topological polar surface area (TPSA) is 115 Å². The van der Waals surface area contributed by atoms with Crippen LogP contribution in [0.3, 0.4) is 0 Å². The highest BCUT2D eigenvalue weighted by molar-refractivity contribution is 5.99. The highest BCUT2D eigenvalue weighted by atomic mass is 19.1. The first kappa shape index (κ1) is 24.9. The van der Waals surface area contributed by atoms with Crippen molar-refractivity contribution in [2.75, 3.05) is 10.6 Å². The molecule has 9 heteroatoms. The predicted octanol–water partition coefficient (Wildman–Crippen LogP) is 4.82. The van der Waals surface area contributed by atoms with Gasteiger partial charge in [-0.05, 0) is 62.1 Å². The first-order chi connectivity index (χ1) is 15.9. The molecular weight excluding hydrogens is 435 g/mol. The van der Waals surface area contributed by atoms with Crippen LogP contribution in [0.4, 0.5) is 20.7 Å².